The molecule has 30 heavy (non-hydrogen) atoms. The zero-order valence-electron chi connectivity index (χ0n) is 15.6. The van der Waals surface area contributed by atoms with E-state index in [1.807, 2.05) is 0 Å². The van der Waals surface area contributed by atoms with E-state index in [1.165, 1.54) is 19.2 Å². The number of benzene rings is 2. The molecule has 2 aromatic carbocycles. The van der Waals surface area contributed by atoms with Crippen LogP contribution in [-0.4, -0.2) is 35.9 Å². The van der Waals surface area contributed by atoms with Gasteiger partial charge in [0, 0.05) is 10.0 Å². The van der Waals surface area contributed by atoms with Gasteiger partial charge in [0.15, 0.2) is 16.7 Å². The van der Waals surface area contributed by atoms with E-state index in [2.05, 4.69) is 32.2 Å². The number of thioether (sulfide) groups is 1. The number of aliphatic imine (C=N–C) groups is 1. The van der Waals surface area contributed by atoms with E-state index < -0.39 is 5.97 Å². The van der Waals surface area contributed by atoms with Gasteiger partial charge in [0.05, 0.1) is 23.3 Å². The maximum Gasteiger partial charge on any atom is 0.335 e. The van der Waals surface area contributed by atoms with Crippen LogP contribution in [0.4, 0.5) is 5.69 Å². The molecule has 0 aliphatic carbocycles. The van der Waals surface area contributed by atoms with Crippen LogP contribution in [0.25, 0.3) is 6.08 Å². The second-order valence-corrected chi connectivity index (χ2v) is 7.80. The van der Waals surface area contributed by atoms with E-state index in [1.54, 1.807) is 30.3 Å². The molecule has 1 fully saturated rings. The number of carboxylic acids is 1. The topological polar surface area (TPSA) is 97.2 Å². The monoisotopic (exact) mass is 486 g/mol. The smallest absolute Gasteiger partial charge is 0.335 e. The number of amidine groups is 1. The van der Waals surface area contributed by atoms with Gasteiger partial charge in [-0.05, 0) is 54.2 Å². The van der Waals surface area contributed by atoms with Crippen molar-refractivity contribution >= 4 is 56.5 Å². The number of hydrogen-bond donors (Lipinski definition) is 2. The first kappa shape index (κ1) is 21.5. The molecule has 152 valence electrons. The largest absolute Gasteiger partial charge is 0.493 e. The molecule has 0 aromatic heterocycles. The van der Waals surface area contributed by atoms with Crippen LogP contribution >= 0.6 is 27.7 Å². The third kappa shape index (κ3) is 5.03. The Labute approximate surface area is 185 Å². The molecule has 1 saturated heterocycles. The number of ether oxygens (including phenoxy) is 2. The molecule has 1 amide bonds. The van der Waals surface area contributed by atoms with Crippen molar-refractivity contribution in [3.63, 3.8) is 0 Å². The van der Waals surface area contributed by atoms with E-state index >= 15 is 0 Å². The SMILES string of the molecule is C#CCOc1c(/C=C2\SC(=Nc3ccc(C(=O)O)cc3)NC2=O)cc(Br)cc1OC. The number of carbonyl (C=O) groups excluding carboxylic acids is 1. The lowest BCUT2D eigenvalue weighted by Gasteiger charge is -2.12. The summed E-state index contributed by atoms with van der Waals surface area (Å²) in [5.41, 5.74) is 1.29. The Balaban J connectivity index is 1.90. The molecule has 0 radical (unpaired) electrons. The van der Waals surface area contributed by atoms with Crippen molar-refractivity contribution in [3.05, 3.63) is 56.9 Å². The predicted molar refractivity (Wildman–Crippen MR) is 119 cm³/mol. The Morgan fingerprint density at radius 1 is 1.37 bits per heavy atom. The van der Waals surface area contributed by atoms with E-state index in [9.17, 15) is 9.59 Å². The zero-order valence-corrected chi connectivity index (χ0v) is 18.0. The van der Waals surface area contributed by atoms with Crippen LogP contribution in [-0.2, 0) is 4.79 Å². The second kappa shape index (κ2) is 9.52. The van der Waals surface area contributed by atoms with Crippen LogP contribution in [0.1, 0.15) is 15.9 Å². The fraction of sp³-hybridized carbons (Fsp3) is 0.0952. The molecule has 0 saturated carbocycles. The molecule has 0 atom stereocenters. The van der Waals surface area contributed by atoms with Crippen LogP contribution in [0.3, 0.4) is 0 Å². The fourth-order valence-corrected chi connectivity index (χ4v) is 3.82. The highest BCUT2D eigenvalue weighted by atomic mass is 79.9. The number of rotatable bonds is 6. The Kier molecular flexibility index (Phi) is 6.82. The summed E-state index contributed by atoms with van der Waals surface area (Å²) in [6.45, 7) is 0.0482. The minimum absolute atomic E-state index is 0.0482. The van der Waals surface area contributed by atoms with Gasteiger partial charge in [-0.25, -0.2) is 9.79 Å². The van der Waals surface area contributed by atoms with Crippen molar-refractivity contribution in [2.75, 3.05) is 13.7 Å². The van der Waals surface area contributed by atoms with Gasteiger partial charge in [0.1, 0.15) is 6.61 Å². The molecule has 0 spiro atoms. The van der Waals surface area contributed by atoms with Gasteiger partial charge in [-0.3, -0.25) is 4.79 Å². The molecule has 2 N–H and O–H groups in total. The highest BCUT2D eigenvalue weighted by Crippen LogP contribution is 2.38. The lowest BCUT2D eigenvalue weighted by molar-refractivity contribution is -0.115. The number of nitrogens with zero attached hydrogens (tertiary/aromatic N) is 1. The number of amides is 1. The molecule has 9 heteroatoms. The number of halogens is 1. The molecular weight excluding hydrogens is 472 g/mol. The molecule has 1 aliphatic heterocycles. The molecule has 7 nitrogen and oxygen atoms in total. The van der Waals surface area contributed by atoms with Crippen molar-refractivity contribution in [1.82, 2.24) is 5.32 Å². The van der Waals surface area contributed by atoms with Gasteiger partial charge in [0.25, 0.3) is 5.91 Å². The lowest BCUT2D eigenvalue weighted by Crippen LogP contribution is -2.19. The minimum Gasteiger partial charge on any atom is -0.493 e. The Morgan fingerprint density at radius 3 is 2.73 bits per heavy atom. The molecule has 1 aliphatic rings. The van der Waals surface area contributed by atoms with Gasteiger partial charge >= 0.3 is 5.97 Å². The number of methoxy groups -OCH3 is 1. The number of terminal acetylenes is 1. The Hall–Kier alpha value is -3.22. The molecule has 0 bridgehead atoms. The van der Waals surface area contributed by atoms with Crippen molar-refractivity contribution in [1.29, 1.82) is 0 Å². The maximum absolute atomic E-state index is 12.4. The van der Waals surface area contributed by atoms with E-state index in [0.717, 1.165) is 16.2 Å². The third-order valence-electron chi connectivity index (χ3n) is 3.85. The molecule has 3 rings (SSSR count). The average Bonchev–Trinajstić information content (AvgIpc) is 3.05. The molecule has 1 heterocycles. The summed E-state index contributed by atoms with van der Waals surface area (Å²) in [4.78, 5) is 28.1. The van der Waals surface area contributed by atoms with E-state index in [-0.39, 0.29) is 18.1 Å². The Morgan fingerprint density at radius 2 is 2.10 bits per heavy atom. The van der Waals surface area contributed by atoms with Crippen LogP contribution in [0, 0.1) is 12.3 Å². The normalized spacial score (nSPS) is 15.7. The summed E-state index contributed by atoms with van der Waals surface area (Å²) in [5.74, 6) is 1.97. The summed E-state index contributed by atoms with van der Waals surface area (Å²) in [6.07, 6.45) is 6.96. The Bertz CT molecular complexity index is 1100. The van der Waals surface area contributed by atoms with E-state index in [4.69, 9.17) is 21.0 Å². The van der Waals surface area contributed by atoms with Crippen LogP contribution in [0.5, 0.6) is 11.5 Å². The first-order valence-electron chi connectivity index (χ1n) is 8.48. The quantitative estimate of drug-likeness (QED) is 0.471. The van der Waals surface area contributed by atoms with Crippen LogP contribution < -0.4 is 14.8 Å². The van der Waals surface area contributed by atoms with Gasteiger partial charge < -0.3 is 19.9 Å². The van der Waals surface area contributed by atoms with Crippen molar-refractivity contribution in [2.45, 2.75) is 0 Å². The highest BCUT2D eigenvalue weighted by Gasteiger charge is 2.25. The molecular formula is C21H15BrN2O5S. The van der Waals surface area contributed by atoms with Crippen molar-refractivity contribution in [3.8, 4) is 23.8 Å². The van der Waals surface area contributed by atoms with Gasteiger partial charge in [-0.2, -0.15) is 0 Å². The second-order valence-electron chi connectivity index (χ2n) is 5.85. The summed E-state index contributed by atoms with van der Waals surface area (Å²) in [6, 6.07) is 9.55. The standard InChI is InChI=1S/C21H15BrN2O5S/c1-3-8-29-18-13(9-14(22)11-16(18)28-2)10-17-19(25)24-21(30-17)23-15-6-4-12(5-7-15)20(26)27/h1,4-7,9-11H,8H2,2H3,(H,26,27)(H,23,24,25)/b17-10-. The number of carboxylic acid groups (broad SMARTS) is 1. The highest BCUT2D eigenvalue weighted by molar-refractivity contribution is 9.10. The van der Waals surface area contributed by atoms with Gasteiger partial charge in [-0.15, -0.1) is 6.42 Å². The summed E-state index contributed by atoms with van der Waals surface area (Å²) in [7, 11) is 1.51. The number of hydrogen-bond acceptors (Lipinski definition) is 6. The zero-order chi connectivity index (χ0) is 21.7. The lowest BCUT2D eigenvalue weighted by atomic mass is 10.1. The van der Waals surface area contributed by atoms with Gasteiger partial charge in [-0.1, -0.05) is 21.9 Å². The third-order valence-corrected chi connectivity index (χ3v) is 5.22. The van der Waals surface area contributed by atoms with Crippen LogP contribution in [0.2, 0.25) is 0 Å². The summed E-state index contributed by atoms with van der Waals surface area (Å²) >= 11 is 4.57. The number of carbonyl (C=O) groups is 2. The van der Waals surface area contributed by atoms with E-state index in [0.29, 0.717) is 32.8 Å². The first-order valence-corrected chi connectivity index (χ1v) is 10.1. The minimum atomic E-state index is -1.02. The summed E-state index contributed by atoms with van der Waals surface area (Å²) < 4.78 is 11.7. The maximum atomic E-state index is 12.4. The van der Waals surface area contributed by atoms with Crippen LogP contribution in [0.15, 0.2) is 50.8 Å². The summed E-state index contributed by atoms with van der Waals surface area (Å²) in [5, 5.41) is 12.0. The number of aromatic carboxylic acids is 1. The van der Waals surface area contributed by atoms with Crippen molar-refractivity contribution in [2.24, 2.45) is 4.99 Å². The molecule has 2 aromatic rings. The molecule has 0 unspecified atom stereocenters. The number of nitrogens with one attached hydrogen (secondary N) is 1. The predicted octanol–water partition coefficient (Wildman–Crippen LogP) is 4.06. The average molecular weight is 487 g/mol. The van der Waals surface area contributed by atoms with Gasteiger partial charge in [0.2, 0.25) is 0 Å². The fourth-order valence-electron chi connectivity index (χ4n) is 2.53. The first-order chi connectivity index (χ1) is 14.4. The van der Waals surface area contributed by atoms with Crippen molar-refractivity contribution < 1.29 is 24.2 Å².